The first-order valence-corrected chi connectivity index (χ1v) is 21.4. The maximum Gasteiger partial charge on any atom is 0.242 e. The fourth-order valence-corrected chi connectivity index (χ4v) is 9.25. The Hall–Kier alpha value is -7.37. The number of rotatable bonds is 10. The zero-order chi connectivity index (χ0) is 42.7. The van der Waals surface area contributed by atoms with Crippen LogP contribution in [0.5, 0.6) is 0 Å². The van der Waals surface area contributed by atoms with Crippen LogP contribution in [-0.4, -0.2) is 21.7 Å². The van der Waals surface area contributed by atoms with E-state index in [2.05, 4.69) is 210 Å². The lowest BCUT2D eigenvalue weighted by Gasteiger charge is -2.27. The second-order valence-corrected chi connectivity index (χ2v) is 16.5. The summed E-state index contributed by atoms with van der Waals surface area (Å²) in [7, 11) is 0. The average molecular weight is 801 g/mol. The van der Waals surface area contributed by atoms with Crippen molar-refractivity contribution in [1.82, 2.24) is 15.0 Å². The SMILES string of the molecule is Cc1cc(C)c(B(c2ccc(N(c3ccc(-c4ccccc4)cc3)c3nc(-c4ccccc4)nc(-c4ccccc4-c4ccccc4)n3)cc2)c2c(C)cc(C)cc2C)c(C)c1. The largest absolute Gasteiger partial charge is 0.279 e. The number of hydrogen-bond acceptors (Lipinski definition) is 4. The van der Waals surface area contributed by atoms with Gasteiger partial charge in [0.2, 0.25) is 12.7 Å². The zero-order valence-corrected chi connectivity index (χ0v) is 36.3. The summed E-state index contributed by atoms with van der Waals surface area (Å²) in [6.45, 7) is 13.5. The molecular weight excluding hydrogens is 751 g/mol. The molecule has 300 valence electrons. The molecule has 62 heavy (non-hydrogen) atoms. The maximum atomic E-state index is 5.37. The van der Waals surface area contributed by atoms with Gasteiger partial charge in [0.25, 0.3) is 0 Å². The summed E-state index contributed by atoms with van der Waals surface area (Å²) in [6.07, 6.45) is 0. The van der Waals surface area contributed by atoms with Crippen LogP contribution >= 0.6 is 0 Å². The predicted molar refractivity (Wildman–Crippen MR) is 262 cm³/mol. The standard InChI is InChI=1S/C57H49BN4/c1-38-34-40(3)53(41(4)35-38)58(54-42(5)36-39(2)37-43(54)6)48-28-32-50(33-29-48)62(49-30-26-45(27-31-49)44-18-10-7-11-19-44)57-60-55(47-22-14-9-15-23-47)59-56(61-57)52-25-17-16-24-51(52)46-20-12-8-13-21-46/h7-37H,1-6H3. The molecule has 0 saturated heterocycles. The van der Waals surface area contributed by atoms with Crippen molar-refractivity contribution in [2.75, 3.05) is 4.90 Å². The van der Waals surface area contributed by atoms with E-state index in [9.17, 15) is 0 Å². The Kier molecular flexibility index (Phi) is 11.2. The molecule has 9 aromatic rings. The van der Waals surface area contributed by atoms with Gasteiger partial charge in [-0.15, -0.1) is 0 Å². The molecule has 0 amide bonds. The molecule has 0 N–H and O–H groups in total. The summed E-state index contributed by atoms with van der Waals surface area (Å²) in [4.78, 5) is 18.0. The third kappa shape index (κ3) is 8.10. The lowest BCUT2D eigenvalue weighted by molar-refractivity contribution is 1.02. The molecule has 0 spiro atoms. The monoisotopic (exact) mass is 800 g/mol. The van der Waals surface area contributed by atoms with Gasteiger partial charge in [-0.2, -0.15) is 9.97 Å². The number of anilines is 3. The van der Waals surface area contributed by atoms with Gasteiger partial charge in [-0.05, 0) is 88.1 Å². The van der Waals surface area contributed by atoms with Crippen LogP contribution < -0.4 is 21.3 Å². The van der Waals surface area contributed by atoms with Gasteiger partial charge in [-0.1, -0.05) is 214 Å². The highest BCUT2D eigenvalue weighted by atomic mass is 15.3. The number of benzene rings is 8. The summed E-state index contributed by atoms with van der Waals surface area (Å²) in [5, 5.41) is 0. The van der Waals surface area contributed by atoms with Crippen molar-refractivity contribution in [2.45, 2.75) is 41.5 Å². The Morgan fingerprint density at radius 3 is 1.27 bits per heavy atom. The quantitative estimate of drug-likeness (QED) is 0.129. The number of aromatic nitrogens is 3. The average Bonchev–Trinajstić information content (AvgIpc) is 3.29. The number of aryl methyl sites for hydroxylation is 6. The maximum absolute atomic E-state index is 5.37. The summed E-state index contributed by atoms with van der Waals surface area (Å²) < 4.78 is 0. The molecule has 8 aromatic carbocycles. The molecule has 0 atom stereocenters. The van der Waals surface area contributed by atoms with E-state index in [1.165, 1.54) is 49.8 Å². The van der Waals surface area contributed by atoms with Crippen molar-refractivity contribution in [3.05, 3.63) is 221 Å². The van der Waals surface area contributed by atoms with Crippen LogP contribution in [0.1, 0.15) is 33.4 Å². The fraction of sp³-hybridized carbons (Fsp3) is 0.105. The Morgan fingerprint density at radius 2 is 0.758 bits per heavy atom. The van der Waals surface area contributed by atoms with Crippen LogP contribution in [0.3, 0.4) is 0 Å². The molecular formula is C57H49BN4. The van der Waals surface area contributed by atoms with Gasteiger partial charge in [-0.3, -0.25) is 4.90 Å². The summed E-state index contributed by atoms with van der Waals surface area (Å²) in [5.41, 5.74) is 19.9. The first-order valence-electron chi connectivity index (χ1n) is 21.4. The molecule has 0 aliphatic carbocycles. The lowest BCUT2D eigenvalue weighted by atomic mass is 9.34. The Balaban J connectivity index is 1.25. The summed E-state index contributed by atoms with van der Waals surface area (Å²) >= 11 is 0. The molecule has 0 aliphatic heterocycles. The molecule has 5 heteroatoms. The van der Waals surface area contributed by atoms with Gasteiger partial charge in [0.15, 0.2) is 11.6 Å². The van der Waals surface area contributed by atoms with E-state index >= 15 is 0 Å². The van der Waals surface area contributed by atoms with E-state index in [0.29, 0.717) is 17.6 Å². The fourth-order valence-electron chi connectivity index (χ4n) is 9.25. The highest BCUT2D eigenvalue weighted by Gasteiger charge is 2.29. The van der Waals surface area contributed by atoms with Gasteiger partial charge in [-0.25, -0.2) is 4.98 Å². The third-order valence-electron chi connectivity index (χ3n) is 11.9. The van der Waals surface area contributed by atoms with Gasteiger partial charge in [0.1, 0.15) is 0 Å². The van der Waals surface area contributed by atoms with E-state index < -0.39 is 0 Å². The van der Waals surface area contributed by atoms with Gasteiger partial charge < -0.3 is 0 Å². The number of hydrogen-bond donors (Lipinski definition) is 0. The molecule has 1 aromatic heterocycles. The highest BCUT2D eigenvalue weighted by Crippen LogP contribution is 2.37. The minimum absolute atomic E-state index is 0.0480. The molecule has 0 bridgehead atoms. The van der Waals surface area contributed by atoms with Crippen LogP contribution in [0.15, 0.2) is 188 Å². The first kappa shape index (κ1) is 40.1. The van der Waals surface area contributed by atoms with Crippen molar-refractivity contribution in [3.8, 4) is 45.0 Å². The summed E-state index contributed by atoms with van der Waals surface area (Å²) in [6, 6.07) is 66.5. The van der Waals surface area contributed by atoms with E-state index in [4.69, 9.17) is 15.0 Å². The molecule has 1 heterocycles. The third-order valence-corrected chi connectivity index (χ3v) is 11.9. The van der Waals surface area contributed by atoms with Crippen molar-refractivity contribution < 1.29 is 0 Å². The highest BCUT2D eigenvalue weighted by molar-refractivity contribution is 6.96. The Bertz CT molecular complexity index is 2900. The molecule has 9 rings (SSSR count). The van der Waals surface area contributed by atoms with E-state index in [1.54, 1.807) is 0 Å². The molecule has 0 unspecified atom stereocenters. The second-order valence-electron chi connectivity index (χ2n) is 16.5. The topological polar surface area (TPSA) is 41.9 Å². The Morgan fingerprint density at radius 1 is 0.355 bits per heavy atom. The van der Waals surface area contributed by atoms with E-state index in [0.717, 1.165) is 44.8 Å². The van der Waals surface area contributed by atoms with Crippen LogP contribution in [0.4, 0.5) is 17.3 Å². The minimum atomic E-state index is 0.0480. The number of nitrogens with zero attached hydrogens (tertiary/aromatic N) is 4. The second kappa shape index (κ2) is 17.3. The van der Waals surface area contributed by atoms with Crippen LogP contribution in [-0.2, 0) is 0 Å². The van der Waals surface area contributed by atoms with Crippen molar-refractivity contribution >= 4 is 40.4 Å². The lowest BCUT2D eigenvalue weighted by Crippen LogP contribution is -2.55. The zero-order valence-electron chi connectivity index (χ0n) is 36.3. The van der Waals surface area contributed by atoms with Gasteiger partial charge in [0.05, 0.1) is 0 Å². The van der Waals surface area contributed by atoms with Crippen LogP contribution in [0.2, 0.25) is 0 Å². The van der Waals surface area contributed by atoms with E-state index in [-0.39, 0.29) is 6.71 Å². The normalized spacial score (nSPS) is 11.1. The van der Waals surface area contributed by atoms with Crippen molar-refractivity contribution in [1.29, 1.82) is 0 Å². The van der Waals surface area contributed by atoms with Crippen LogP contribution in [0, 0.1) is 41.5 Å². The molecule has 0 radical (unpaired) electrons. The van der Waals surface area contributed by atoms with Crippen LogP contribution in [0.25, 0.3) is 45.0 Å². The van der Waals surface area contributed by atoms with E-state index in [1.807, 2.05) is 24.3 Å². The molecule has 4 nitrogen and oxygen atoms in total. The molecule has 0 aliphatic rings. The van der Waals surface area contributed by atoms with Crippen molar-refractivity contribution in [2.24, 2.45) is 0 Å². The first-order chi connectivity index (χ1) is 30.2. The molecule has 0 saturated carbocycles. The van der Waals surface area contributed by atoms with Gasteiger partial charge >= 0.3 is 0 Å². The van der Waals surface area contributed by atoms with Gasteiger partial charge in [0, 0.05) is 22.5 Å². The smallest absolute Gasteiger partial charge is 0.242 e. The van der Waals surface area contributed by atoms with Crippen molar-refractivity contribution in [3.63, 3.8) is 0 Å². The summed E-state index contributed by atoms with van der Waals surface area (Å²) in [5.74, 6) is 1.74. The minimum Gasteiger partial charge on any atom is -0.279 e. The molecule has 0 fully saturated rings. The Labute approximate surface area is 366 Å². The predicted octanol–water partition coefficient (Wildman–Crippen LogP) is 12.4.